The first kappa shape index (κ1) is 16.6. The van der Waals surface area contributed by atoms with Crippen molar-refractivity contribution in [2.75, 3.05) is 30.9 Å². The summed E-state index contributed by atoms with van der Waals surface area (Å²) in [5.41, 5.74) is 1.77. The summed E-state index contributed by atoms with van der Waals surface area (Å²) in [5.74, 6) is 2.15. The second kappa shape index (κ2) is 7.58. The zero-order valence-corrected chi connectivity index (χ0v) is 14.7. The van der Waals surface area contributed by atoms with Gasteiger partial charge in [-0.3, -0.25) is 0 Å². The minimum atomic E-state index is 0.249. The maximum absolute atomic E-state index is 5.70. The highest BCUT2D eigenvalue weighted by atomic mass is 16.5. The van der Waals surface area contributed by atoms with Gasteiger partial charge in [0.2, 0.25) is 5.95 Å². The molecule has 0 bridgehead atoms. The maximum atomic E-state index is 5.70. The summed E-state index contributed by atoms with van der Waals surface area (Å²) in [7, 11) is 1.65. The van der Waals surface area contributed by atoms with E-state index in [0.29, 0.717) is 5.95 Å². The molecule has 0 saturated carbocycles. The molecule has 1 fully saturated rings. The van der Waals surface area contributed by atoms with E-state index >= 15 is 0 Å². The molecule has 0 radical (unpaired) electrons. The second-order valence-corrected chi connectivity index (χ2v) is 6.29. The molecule has 4 rings (SSSR count). The van der Waals surface area contributed by atoms with Gasteiger partial charge in [-0.25, -0.2) is 4.98 Å². The van der Waals surface area contributed by atoms with Gasteiger partial charge in [-0.2, -0.15) is 4.98 Å². The standard InChI is InChI=1S/C20H22N4O2/c1-25-15-7-4-6-14(12-15)22-20-23-18-10-3-2-9-17(18)19(24-20)21-13-16-8-5-11-26-16/h2-4,6-7,9-10,12,16H,5,8,11,13H2,1H3,(H2,21,22,23,24)/t16-/m1/s1. The predicted octanol–water partition coefficient (Wildman–Crippen LogP) is 3.97. The topological polar surface area (TPSA) is 68.3 Å². The van der Waals surface area contributed by atoms with Gasteiger partial charge in [-0.15, -0.1) is 0 Å². The molecule has 134 valence electrons. The van der Waals surface area contributed by atoms with E-state index in [4.69, 9.17) is 9.47 Å². The quantitative estimate of drug-likeness (QED) is 0.701. The molecule has 0 aliphatic carbocycles. The third-order valence-corrected chi connectivity index (χ3v) is 4.45. The summed E-state index contributed by atoms with van der Waals surface area (Å²) < 4.78 is 11.0. The van der Waals surface area contributed by atoms with Crippen molar-refractivity contribution in [3.63, 3.8) is 0 Å². The lowest BCUT2D eigenvalue weighted by atomic mass is 10.2. The number of benzene rings is 2. The summed E-state index contributed by atoms with van der Waals surface area (Å²) in [5, 5.41) is 7.70. The Hall–Kier alpha value is -2.86. The van der Waals surface area contributed by atoms with Crippen LogP contribution in [0, 0.1) is 0 Å². The van der Waals surface area contributed by atoms with Crippen LogP contribution in [0.3, 0.4) is 0 Å². The van der Waals surface area contributed by atoms with Crippen molar-refractivity contribution in [1.29, 1.82) is 0 Å². The van der Waals surface area contributed by atoms with Gasteiger partial charge in [-0.05, 0) is 37.1 Å². The lowest BCUT2D eigenvalue weighted by Gasteiger charge is -2.14. The van der Waals surface area contributed by atoms with E-state index in [2.05, 4.69) is 20.6 Å². The number of methoxy groups -OCH3 is 1. The molecule has 6 nitrogen and oxygen atoms in total. The molecule has 1 atom stereocenters. The summed E-state index contributed by atoms with van der Waals surface area (Å²) in [4.78, 5) is 9.32. The number of hydrogen-bond acceptors (Lipinski definition) is 6. The minimum absolute atomic E-state index is 0.249. The first-order valence-corrected chi connectivity index (χ1v) is 8.85. The smallest absolute Gasteiger partial charge is 0.229 e. The van der Waals surface area contributed by atoms with Gasteiger partial charge in [0, 0.05) is 30.3 Å². The Morgan fingerprint density at radius 2 is 2.08 bits per heavy atom. The normalized spacial score (nSPS) is 16.6. The first-order valence-electron chi connectivity index (χ1n) is 8.85. The van der Waals surface area contributed by atoms with Crippen molar-refractivity contribution in [3.8, 4) is 5.75 Å². The molecule has 26 heavy (non-hydrogen) atoms. The Morgan fingerprint density at radius 3 is 2.92 bits per heavy atom. The molecule has 0 amide bonds. The average Bonchev–Trinajstić information content (AvgIpc) is 3.20. The van der Waals surface area contributed by atoms with Gasteiger partial charge in [0.05, 0.1) is 18.7 Å². The van der Waals surface area contributed by atoms with E-state index in [1.54, 1.807) is 7.11 Å². The highest BCUT2D eigenvalue weighted by Gasteiger charge is 2.16. The first-order chi connectivity index (χ1) is 12.8. The Bertz CT molecular complexity index is 894. The summed E-state index contributed by atoms with van der Waals surface area (Å²) >= 11 is 0. The van der Waals surface area contributed by atoms with Crippen LogP contribution in [0.25, 0.3) is 10.9 Å². The number of nitrogens with one attached hydrogen (secondary N) is 2. The van der Waals surface area contributed by atoms with Crippen molar-refractivity contribution in [2.24, 2.45) is 0 Å². The fraction of sp³-hybridized carbons (Fsp3) is 0.300. The molecule has 1 aromatic heterocycles. The largest absolute Gasteiger partial charge is 0.497 e. The van der Waals surface area contributed by atoms with Crippen LogP contribution in [0.2, 0.25) is 0 Å². The van der Waals surface area contributed by atoms with Gasteiger partial charge in [-0.1, -0.05) is 18.2 Å². The molecule has 2 heterocycles. The minimum Gasteiger partial charge on any atom is -0.497 e. The van der Waals surface area contributed by atoms with Crippen molar-refractivity contribution in [2.45, 2.75) is 18.9 Å². The molecule has 1 saturated heterocycles. The van der Waals surface area contributed by atoms with Gasteiger partial charge in [0.25, 0.3) is 0 Å². The van der Waals surface area contributed by atoms with Gasteiger partial charge in [0.1, 0.15) is 11.6 Å². The van der Waals surface area contributed by atoms with Gasteiger partial charge < -0.3 is 20.1 Å². The predicted molar refractivity (Wildman–Crippen MR) is 103 cm³/mol. The van der Waals surface area contributed by atoms with Crippen LogP contribution in [0.4, 0.5) is 17.5 Å². The maximum Gasteiger partial charge on any atom is 0.229 e. The zero-order valence-electron chi connectivity index (χ0n) is 14.7. The third-order valence-electron chi connectivity index (χ3n) is 4.45. The molecule has 1 aliphatic rings. The van der Waals surface area contributed by atoms with Gasteiger partial charge in [0.15, 0.2) is 0 Å². The van der Waals surface area contributed by atoms with Crippen LogP contribution >= 0.6 is 0 Å². The number of nitrogens with zero attached hydrogens (tertiary/aromatic N) is 2. The molecule has 0 spiro atoms. The molecule has 2 aromatic carbocycles. The van der Waals surface area contributed by atoms with E-state index in [1.165, 1.54) is 0 Å². The van der Waals surface area contributed by atoms with Crippen LogP contribution in [0.1, 0.15) is 12.8 Å². The molecule has 6 heteroatoms. The highest BCUT2D eigenvalue weighted by Crippen LogP contribution is 2.25. The number of aromatic nitrogens is 2. The summed E-state index contributed by atoms with van der Waals surface area (Å²) in [6.45, 7) is 1.60. The Balaban J connectivity index is 1.61. The van der Waals surface area contributed by atoms with E-state index in [0.717, 1.165) is 54.2 Å². The van der Waals surface area contributed by atoms with E-state index in [1.807, 2.05) is 48.5 Å². The van der Waals surface area contributed by atoms with Crippen molar-refractivity contribution in [3.05, 3.63) is 48.5 Å². The fourth-order valence-corrected chi connectivity index (χ4v) is 3.11. The lowest BCUT2D eigenvalue weighted by Crippen LogP contribution is -2.19. The highest BCUT2D eigenvalue weighted by molar-refractivity contribution is 5.90. The Labute approximate surface area is 152 Å². The molecule has 0 unspecified atom stereocenters. The average molecular weight is 350 g/mol. The molecule has 1 aliphatic heterocycles. The molecular weight excluding hydrogens is 328 g/mol. The number of para-hydroxylation sites is 1. The van der Waals surface area contributed by atoms with Crippen LogP contribution in [-0.4, -0.2) is 36.3 Å². The monoisotopic (exact) mass is 350 g/mol. The number of rotatable bonds is 6. The third kappa shape index (κ3) is 3.70. The Kier molecular flexibility index (Phi) is 4.84. The Morgan fingerprint density at radius 1 is 1.15 bits per heavy atom. The molecular formula is C20H22N4O2. The van der Waals surface area contributed by atoms with Crippen LogP contribution < -0.4 is 15.4 Å². The second-order valence-electron chi connectivity index (χ2n) is 6.29. The van der Waals surface area contributed by atoms with Crippen molar-refractivity contribution >= 4 is 28.4 Å². The van der Waals surface area contributed by atoms with Crippen LogP contribution in [0.15, 0.2) is 48.5 Å². The molecule has 3 aromatic rings. The fourth-order valence-electron chi connectivity index (χ4n) is 3.11. The number of hydrogen-bond donors (Lipinski definition) is 2. The molecule has 2 N–H and O–H groups in total. The van der Waals surface area contributed by atoms with E-state index < -0.39 is 0 Å². The number of ether oxygens (including phenoxy) is 2. The summed E-state index contributed by atoms with van der Waals surface area (Å²) in [6.07, 6.45) is 2.46. The number of anilines is 3. The lowest BCUT2D eigenvalue weighted by molar-refractivity contribution is 0.120. The van der Waals surface area contributed by atoms with Gasteiger partial charge >= 0.3 is 0 Å². The SMILES string of the molecule is COc1cccc(Nc2nc(NC[C@H]3CCCO3)c3ccccc3n2)c1. The van der Waals surface area contributed by atoms with E-state index in [9.17, 15) is 0 Å². The number of fused-ring (bicyclic) bond motifs is 1. The van der Waals surface area contributed by atoms with E-state index in [-0.39, 0.29) is 6.10 Å². The van der Waals surface area contributed by atoms with Crippen LogP contribution in [0.5, 0.6) is 5.75 Å². The summed E-state index contributed by atoms with van der Waals surface area (Å²) in [6, 6.07) is 15.7. The van der Waals surface area contributed by atoms with Crippen molar-refractivity contribution in [1.82, 2.24) is 9.97 Å². The zero-order chi connectivity index (χ0) is 17.8. The van der Waals surface area contributed by atoms with Crippen molar-refractivity contribution < 1.29 is 9.47 Å². The van der Waals surface area contributed by atoms with Crippen LogP contribution in [-0.2, 0) is 4.74 Å².